The number of carboxylic acids is 1. The monoisotopic (exact) mass is 556 g/mol. The van der Waals surface area contributed by atoms with Crippen molar-refractivity contribution < 1.29 is 34.1 Å². The van der Waals surface area contributed by atoms with Crippen LogP contribution in [0.2, 0.25) is 0 Å². The Bertz CT molecular complexity index is 657. The molecule has 0 aliphatic rings. The molecule has 2 amide bonds. The van der Waals surface area contributed by atoms with Gasteiger partial charge in [0.05, 0.1) is 13.2 Å². The third-order valence-corrected chi connectivity index (χ3v) is 6.85. The Kier molecular flexibility index (Phi) is 24.6. The first-order chi connectivity index (χ1) is 18.8. The van der Waals surface area contributed by atoms with E-state index in [0.29, 0.717) is 12.8 Å². The summed E-state index contributed by atoms with van der Waals surface area (Å²) in [6.07, 6.45) is 20.3. The first-order valence-corrected chi connectivity index (χ1v) is 15.4. The van der Waals surface area contributed by atoms with Crippen molar-refractivity contribution in [3.8, 4) is 0 Å². The second-order valence-corrected chi connectivity index (χ2v) is 10.6. The molecule has 9 heteroatoms. The van der Waals surface area contributed by atoms with Gasteiger partial charge in [0.1, 0.15) is 12.1 Å². The molecule has 4 N–H and O–H groups in total. The molecule has 2 unspecified atom stereocenters. The van der Waals surface area contributed by atoms with E-state index < -0.39 is 24.5 Å². The molecule has 228 valence electrons. The highest BCUT2D eigenvalue weighted by Crippen LogP contribution is 2.17. The molecular formula is C30H56N2O7. The van der Waals surface area contributed by atoms with Crippen LogP contribution < -0.4 is 10.6 Å². The summed E-state index contributed by atoms with van der Waals surface area (Å²) in [5, 5.41) is 22.3. The lowest BCUT2D eigenvalue weighted by Gasteiger charge is -2.18. The number of rotatable bonds is 27. The van der Waals surface area contributed by atoms with Crippen LogP contribution in [0.5, 0.6) is 0 Å². The molecule has 0 saturated carbocycles. The van der Waals surface area contributed by atoms with Crippen LogP contribution in [-0.4, -0.2) is 59.3 Å². The molecule has 0 bridgehead atoms. The SMILES string of the molecule is CCCCCCCCCCCCC(=O)OC(CCCCC)CCCCCC(=O)NCC(=O)NC(CO)C(=O)O. The Morgan fingerprint density at radius 1 is 0.667 bits per heavy atom. The maximum Gasteiger partial charge on any atom is 0.328 e. The van der Waals surface area contributed by atoms with E-state index in [1.54, 1.807) is 0 Å². The fourth-order valence-electron chi connectivity index (χ4n) is 4.42. The number of hydrogen-bond acceptors (Lipinski definition) is 6. The molecule has 0 spiro atoms. The quantitative estimate of drug-likeness (QED) is 0.0782. The van der Waals surface area contributed by atoms with Crippen molar-refractivity contribution in [2.24, 2.45) is 0 Å². The van der Waals surface area contributed by atoms with Gasteiger partial charge in [0.15, 0.2) is 0 Å². The summed E-state index contributed by atoms with van der Waals surface area (Å²) in [5.41, 5.74) is 0. The Morgan fingerprint density at radius 2 is 1.15 bits per heavy atom. The van der Waals surface area contributed by atoms with Crippen LogP contribution in [0.25, 0.3) is 0 Å². The summed E-state index contributed by atoms with van der Waals surface area (Å²) in [7, 11) is 0. The van der Waals surface area contributed by atoms with Crippen molar-refractivity contribution >= 4 is 23.8 Å². The summed E-state index contributed by atoms with van der Waals surface area (Å²) in [6.45, 7) is 3.33. The topological polar surface area (TPSA) is 142 Å². The van der Waals surface area contributed by atoms with Gasteiger partial charge in [-0.3, -0.25) is 14.4 Å². The summed E-state index contributed by atoms with van der Waals surface area (Å²) in [6, 6.07) is -1.39. The Balaban J connectivity index is 4.06. The number of aliphatic carboxylic acids is 1. The molecule has 0 fully saturated rings. The van der Waals surface area contributed by atoms with Gasteiger partial charge in [0.2, 0.25) is 11.8 Å². The third kappa shape index (κ3) is 23.4. The molecule has 9 nitrogen and oxygen atoms in total. The van der Waals surface area contributed by atoms with Crippen molar-refractivity contribution in [2.75, 3.05) is 13.2 Å². The van der Waals surface area contributed by atoms with E-state index >= 15 is 0 Å². The number of ether oxygens (including phenoxy) is 1. The van der Waals surface area contributed by atoms with Crippen LogP contribution in [0, 0.1) is 0 Å². The maximum absolute atomic E-state index is 12.4. The fraction of sp³-hybridized carbons (Fsp3) is 0.867. The van der Waals surface area contributed by atoms with Gasteiger partial charge in [0, 0.05) is 12.8 Å². The lowest BCUT2D eigenvalue weighted by molar-refractivity contribution is -0.150. The average Bonchev–Trinajstić information content (AvgIpc) is 2.91. The van der Waals surface area contributed by atoms with E-state index in [4.69, 9.17) is 14.9 Å². The number of nitrogens with one attached hydrogen (secondary N) is 2. The number of carboxylic acid groups (broad SMARTS) is 1. The zero-order valence-corrected chi connectivity index (χ0v) is 24.6. The fourth-order valence-corrected chi connectivity index (χ4v) is 4.42. The minimum Gasteiger partial charge on any atom is -0.480 e. The Labute approximate surface area is 236 Å². The predicted octanol–water partition coefficient (Wildman–Crippen LogP) is 5.42. The standard InChI is InChI=1S/C30H56N2O7/c1-3-5-7-8-9-10-11-12-13-18-22-29(36)39-25(19-15-6-4-2)20-16-14-17-21-27(34)31-23-28(35)32-26(24-33)30(37)38/h25-26,33H,3-24H2,1-2H3,(H,31,34)(H,32,35)(H,37,38). The number of carbonyl (C=O) groups is 4. The second kappa shape index (κ2) is 26.1. The van der Waals surface area contributed by atoms with Gasteiger partial charge < -0.3 is 25.6 Å². The first-order valence-electron chi connectivity index (χ1n) is 15.4. The summed E-state index contributed by atoms with van der Waals surface area (Å²) in [4.78, 5) is 46.9. The summed E-state index contributed by atoms with van der Waals surface area (Å²) >= 11 is 0. The highest BCUT2D eigenvalue weighted by Gasteiger charge is 2.19. The Morgan fingerprint density at radius 3 is 1.72 bits per heavy atom. The number of hydrogen-bond donors (Lipinski definition) is 4. The third-order valence-electron chi connectivity index (χ3n) is 6.85. The normalized spacial score (nSPS) is 12.5. The van der Waals surface area contributed by atoms with E-state index in [2.05, 4.69) is 24.5 Å². The molecule has 2 atom stereocenters. The number of unbranched alkanes of at least 4 members (excludes halogenated alkanes) is 13. The van der Waals surface area contributed by atoms with Crippen molar-refractivity contribution in [3.05, 3.63) is 0 Å². The van der Waals surface area contributed by atoms with E-state index in [-0.39, 0.29) is 30.9 Å². The van der Waals surface area contributed by atoms with Crippen molar-refractivity contribution in [3.63, 3.8) is 0 Å². The number of aliphatic hydroxyl groups excluding tert-OH is 1. The van der Waals surface area contributed by atoms with Crippen molar-refractivity contribution in [1.82, 2.24) is 10.6 Å². The average molecular weight is 557 g/mol. The van der Waals surface area contributed by atoms with Gasteiger partial charge in [-0.05, 0) is 38.5 Å². The largest absolute Gasteiger partial charge is 0.480 e. The number of aliphatic hydroxyl groups is 1. The van der Waals surface area contributed by atoms with Crippen LogP contribution >= 0.6 is 0 Å². The van der Waals surface area contributed by atoms with Crippen LogP contribution in [-0.2, 0) is 23.9 Å². The van der Waals surface area contributed by atoms with Gasteiger partial charge in [-0.15, -0.1) is 0 Å². The van der Waals surface area contributed by atoms with E-state index in [0.717, 1.165) is 57.8 Å². The lowest BCUT2D eigenvalue weighted by Crippen LogP contribution is -2.47. The zero-order chi connectivity index (χ0) is 29.1. The van der Waals surface area contributed by atoms with Crippen LogP contribution in [0.1, 0.15) is 142 Å². The van der Waals surface area contributed by atoms with E-state index in [1.165, 1.54) is 51.4 Å². The first kappa shape index (κ1) is 36.8. The van der Waals surface area contributed by atoms with Gasteiger partial charge in [0.25, 0.3) is 0 Å². The highest BCUT2D eigenvalue weighted by molar-refractivity contribution is 5.87. The smallest absolute Gasteiger partial charge is 0.328 e. The van der Waals surface area contributed by atoms with Gasteiger partial charge >= 0.3 is 11.9 Å². The van der Waals surface area contributed by atoms with Crippen LogP contribution in [0.15, 0.2) is 0 Å². The summed E-state index contributed by atoms with van der Waals surface area (Å²) in [5.74, 6) is -2.39. The number of esters is 1. The van der Waals surface area contributed by atoms with Gasteiger partial charge in [-0.25, -0.2) is 4.79 Å². The maximum atomic E-state index is 12.4. The second-order valence-electron chi connectivity index (χ2n) is 10.6. The number of carbonyl (C=O) groups excluding carboxylic acids is 3. The summed E-state index contributed by atoms with van der Waals surface area (Å²) < 4.78 is 5.81. The van der Waals surface area contributed by atoms with E-state index in [1.807, 2.05) is 0 Å². The van der Waals surface area contributed by atoms with Gasteiger partial charge in [-0.2, -0.15) is 0 Å². The molecule has 0 aromatic rings. The molecule has 0 aromatic heterocycles. The lowest BCUT2D eigenvalue weighted by atomic mass is 10.0. The molecule has 0 aromatic carbocycles. The van der Waals surface area contributed by atoms with Crippen molar-refractivity contribution in [1.29, 1.82) is 0 Å². The van der Waals surface area contributed by atoms with Gasteiger partial charge in [-0.1, -0.05) is 90.9 Å². The number of amides is 2. The Hall–Kier alpha value is -2.16. The molecule has 0 aliphatic carbocycles. The molecule has 0 saturated heterocycles. The minimum absolute atomic E-state index is 0.0709. The molecule has 0 aliphatic heterocycles. The van der Waals surface area contributed by atoms with Crippen LogP contribution in [0.3, 0.4) is 0 Å². The molecule has 39 heavy (non-hydrogen) atoms. The minimum atomic E-state index is -1.39. The molecule has 0 radical (unpaired) electrons. The van der Waals surface area contributed by atoms with Crippen LogP contribution in [0.4, 0.5) is 0 Å². The molecule has 0 rings (SSSR count). The van der Waals surface area contributed by atoms with Crippen molar-refractivity contribution in [2.45, 2.75) is 154 Å². The predicted molar refractivity (Wildman–Crippen MR) is 153 cm³/mol. The molecule has 0 heterocycles. The highest BCUT2D eigenvalue weighted by atomic mass is 16.5. The molecular weight excluding hydrogens is 500 g/mol. The zero-order valence-electron chi connectivity index (χ0n) is 24.6. The van der Waals surface area contributed by atoms with E-state index in [9.17, 15) is 19.2 Å².